The van der Waals surface area contributed by atoms with Crippen molar-refractivity contribution in [1.29, 1.82) is 0 Å². The second kappa shape index (κ2) is 5.80. The van der Waals surface area contributed by atoms with Crippen LogP contribution in [0.15, 0.2) is 30.3 Å². The zero-order chi connectivity index (χ0) is 18.8. The smallest absolute Gasteiger partial charge is 0.226 e. The molecule has 0 radical (unpaired) electrons. The average Bonchev–Trinajstić information content (AvgIpc) is 3.01. The fraction of sp³-hybridized carbons (Fsp3) is 0.583. The summed E-state index contributed by atoms with van der Waals surface area (Å²) in [6, 6.07) is 10.8. The van der Waals surface area contributed by atoms with Gasteiger partial charge in [-0.1, -0.05) is 58.0 Å². The van der Waals surface area contributed by atoms with Gasteiger partial charge in [0.05, 0.1) is 11.4 Å². The maximum atomic E-state index is 5.25. The third-order valence-corrected chi connectivity index (χ3v) is 8.14. The number of hydrogen-bond acceptors (Lipinski definition) is 3. The Balaban J connectivity index is 1.70. The van der Waals surface area contributed by atoms with Gasteiger partial charge >= 0.3 is 0 Å². The van der Waals surface area contributed by atoms with Crippen molar-refractivity contribution in [2.24, 2.45) is 11.3 Å². The summed E-state index contributed by atoms with van der Waals surface area (Å²) in [6.07, 6.45) is 5.00. The number of anilines is 1. The van der Waals surface area contributed by atoms with Gasteiger partial charge in [0, 0.05) is 29.6 Å². The topological polar surface area (TPSA) is 29.0 Å². The van der Waals surface area contributed by atoms with Crippen LogP contribution >= 0.6 is 0 Å². The van der Waals surface area contributed by atoms with Crippen LogP contribution in [-0.4, -0.2) is 23.1 Å². The van der Waals surface area contributed by atoms with Gasteiger partial charge in [-0.05, 0) is 42.9 Å². The van der Waals surface area contributed by atoms with Crippen LogP contribution in [0, 0.1) is 11.3 Å². The Morgan fingerprint density at radius 3 is 2.37 bits per heavy atom. The highest BCUT2D eigenvalue weighted by Gasteiger charge is 2.61. The van der Waals surface area contributed by atoms with Crippen LogP contribution in [-0.2, 0) is 5.41 Å². The Labute approximate surface area is 163 Å². The molecule has 2 aliphatic carbocycles. The second-order valence-corrected chi connectivity index (χ2v) is 9.82. The second-order valence-electron chi connectivity index (χ2n) is 9.82. The molecule has 27 heavy (non-hydrogen) atoms. The summed E-state index contributed by atoms with van der Waals surface area (Å²) < 4.78 is 0. The SMILES string of the molecule is CC1CCN(c2nc(-c3ccccc3)c3c(n2)C2(C)CCC3C2(C)C)CC1. The first-order valence-corrected chi connectivity index (χ1v) is 10.6. The van der Waals surface area contributed by atoms with Crippen molar-refractivity contribution >= 4 is 5.95 Å². The van der Waals surface area contributed by atoms with Crippen molar-refractivity contribution in [1.82, 2.24) is 9.97 Å². The molecule has 0 spiro atoms. The third-order valence-electron chi connectivity index (χ3n) is 8.14. The van der Waals surface area contributed by atoms with Crippen LogP contribution in [0.25, 0.3) is 11.3 Å². The Kier molecular flexibility index (Phi) is 3.70. The molecule has 0 N–H and O–H groups in total. The lowest BCUT2D eigenvalue weighted by atomic mass is 9.70. The number of benzene rings is 1. The summed E-state index contributed by atoms with van der Waals surface area (Å²) in [5, 5.41) is 0. The van der Waals surface area contributed by atoms with E-state index in [2.05, 4.69) is 62.9 Å². The van der Waals surface area contributed by atoms with Crippen molar-refractivity contribution in [3.63, 3.8) is 0 Å². The van der Waals surface area contributed by atoms with Crippen molar-refractivity contribution in [2.45, 2.75) is 64.7 Å². The zero-order valence-corrected chi connectivity index (χ0v) is 17.1. The number of fused-ring (bicyclic) bond motifs is 5. The molecule has 2 fully saturated rings. The Hall–Kier alpha value is -1.90. The molecule has 2 atom stereocenters. The molecule has 1 aromatic carbocycles. The van der Waals surface area contributed by atoms with Gasteiger partial charge in [0.15, 0.2) is 0 Å². The number of nitrogens with zero attached hydrogens (tertiary/aromatic N) is 3. The molecule has 1 saturated heterocycles. The fourth-order valence-corrected chi connectivity index (χ4v) is 5.80. The lowest BCUT2D eigenvalue weighted by Crippen LogP contribution is -2.36. The van der Waals surface area contributed by atoms with Gasteiger partial charge < -0.3 is 4.90 Å². The van der Waals surface area contributed by atoms with Crippen molar-refractivity contribution < 1.29 is 0 Å². The van der Waals surface area contributed by atoms with E-state index in [1.54, 1.807) is 0 Å². The maximum absolute atomic E-state index is 5.25. The molecule has 1 aliphatic heterocycles. The summed E-state index contributed by atoms with van der Waals surface area (Å²) in [7, 11) is 0. The lowest BCUT2D eigenvalue weighted by molar-refractivity contribution is 0.227. The molecule has 2 unspecified atom stereocenters. The first-order valence-electron chi connectivity index (χ1n) is 10.6. The lowest BCUT2D eigenvalue weighted by Gasteiger charge is -2.35. The van der Waals surface area contributed by atoms with Gasteiger partial charge in [-0.2, -0.15) is 0 Å². The van der Waals surface area contributed by atoms with E-state index in [9.17, 15) is 0 Å². The van der Waals surface area contributed by atoms with Crippen LogP contribution in [0.2, 0.25) is 0 Å². The molecule has 1 aromatic heterocycles. The Morgan fingerprint density at radius 1 is 0.963 bits per heavy atom. The summed E-state index contributed by atoms with van der Waals surface area (Å²) in [5.74, 6) is 2.35. The van der Waals surface area contributed by atoms with Crippen LogP contribution in [0.4, 0.5) is 5.95 Å². The molecule has 5 rings (SSSR count). The summed E-state index contributed by atoms with van der Waals surface area (Å²) in [5.41, 5.74) is 5.63. The predicted octanol–water partition coefficient (Wildman–Crippen LogP) is 5.55. The molecule has 142 valence electrons. The van der Waals surface area contributed by atoms with E-state index >= 15 is 0 Å². The highest BCUT2D eigenvalue weighted by molar-refractivity contribution is 5.70. The first-order chi connectivity index (χ1) is 12.9. The number of piperidine rings is 1. The summed E-state index contributed by atoms with van der Waals surface area (Å²) >= 11 is 0. The normalized spacial score (nSPS) is 29.2. The quantitative estimate of drug-likeness (QED) is 0.702. The Bertz CT molecular complexity index is 865. The molecule has 3 aliphatic rings. The van der Waals surface area contributed by atoms with Crippen LogP contribution in [0.1, 0.15) is 70.6 Å². The van der Waals surface area contributed by atoms with Crippen LogP contribution in [0.5, 0.6) is 0 Å². The van der Waals surface area contributed by atoms with Gasteiger partial charge in [0.2, 0.25) is 5.95 Å². The molecule has 1 saturated carbocycles. The minimum Gasteiger partial charge on any atom is -0.341 e. The summed E-state index contributed by atoms with van der Waals surface area (Å²) in [4.78, 5) is 12.9. The highest BCUT2D eigenvalue weighted by Crippen LogP contribution is 2.68. The van der Waals surface area contributed by atoms with E-state index in [1.807, 2.05) is 0 Å². The fourth-order valence-electron chi connectivity index (χ4n) is 5.80. The number of aromatic nitrogens is 2. The number of rotatable bonds is 2. The van der Waals surface area contributed by atoms with Crippen molar-refractivity contribution in [3.8, 4) is 11.3 Å². The van der Waals surface area contributed by atoms with Crippen LogP contribution < -0.4 is 4.90 Å². The van der Waals surface area contributed by atoms with E-state index in [0.29, 0.717) is 5.92 Å². The van der Waals surface area contributed by atoms with Crippen molar-refractivity contribution in [2.75, 3.05) is 18.0 Å². The van der Waals surface area contributed by atoms with E-state index in [4.69, 9.17) is 9.97 Å². The van der Waals surface area contributed by atoms with Crippen molar-refractivity contribution in [3.05, 3.63) is 41.6 Å². The minimum atomic E-state index is 0.164. The van der Waals surface area contributed by atoms with E-state index in [0.717, 1.165) is 25.0 Å². The first kappa shape index (κ1) is 17.2. The molecule has 3 nitrogen and oxygen atoms in total. The molecule has 0 amide bonds. The minimum absolute atomic E-state index is 0.164. The standard InChI is InChI=1S/C24H31N3/c1-16-11-14-27(15-12-16)22-25-20(17-8-6-5-7-9-17)19-18-10-13-24(4,21(19)26-22)23(18,2)3/h5-9,16,18H,10-15H2,1-4H3. The van der Waals surface area contributed by atoms with E-state index in [-0.39, 0.29) is 10.8 Å². The zero-order valence-electron chi connectivity index (χ0n) is 17.1. The monoisotopic (exact) mass is 361 g/mol. The van der Waals surface area contributed by atoms with E-state index in [1.165, 1.54) is 48.2 Å². The Morgan fingerprint density at radius 2 is 1.67 bits per heavy atom. The van der Waals surface area contributed by atoms with Crippen LogP contribution in [0.3, 0.4) is 0 Å². The van der Waals surface area contributed by atoms with Gasteiger partial charge in [0.1, 0.15) is 0 Å². The van der Waals surface area contributed by atoms with Gasteiger partial charge in [-0.3, -0.25) is 0 Å². The molecule has 2 heterocycles. The largest absolute Gasteiger partial charge is 0.341 e. The molecular formula is C24H31N3. The number of hydrogen-bond donors (Lipinski definition) is 0. The van der Waals surface area contributed by atoms with Gasteiger partial charge in [0.25, 0.3) is 0 Å². The predicted molar refractivity (Wildman–Crippen MR) is 111 cm³/mol. The molecule has 3 heteroatoms. The highest BCUT2D eigenvalue weighted by atomic mass is 15.3. The van der Waals surface area contributed by atoms with Gasteiger partial charge in [-0.25, -0.2) is 9.97 Å². The summed E-state index contributed by atoms with van der Waals surface area (Å²) in [6.45, 7) is 11.9. The third kappa shape index (κ3) is 2.33. The molecule has 2 bridgehead atoms. The molecular weight excluding hydrogens is 330 g/mol. The van der Waals surface area contributed by atoms with Gasteiger partial charge in [-0.15, -0.1) is 0 Å². The van der Waals surface area contributed by atoms with E-state index < -0.39 is 0 Å². The average molecular weight is 362 g/mol. The maximum Gasteiger partial charge on any atom is 0.226 e. The molecule has 2 aromatic rings.